The van der Waals surface area contributed by atoms with E-state index in [1.54, 1.807) is 14.0 Å². The monoisotopic (exact) mass is 403 g/mol. The number of hydrogen-bond acceptors (Lipinski definition) is 7. The molecule has 1 N–H and O–H groups in total. The number of methoxy groups -OCH3 is 1. The zero-order valence-electron chi connectivity index (χ0n) is 17.4. The lowest BCUT2D eigenvalue weighted by molar-refractivity contribution is -0.263. The van der Waals surface area contributed by atoms with Gasteiger partial charge in [0.15, 0.2) is 5.76 Å². The summed E-state index contributed by atoms with van der Waals surface area (Å²) in [6.07, 6.45) is 3.88. The molecule has 9 atom stereocenters. The number of hydrogen-bond donors (Lipinski definition) is 1. The average molecular weight is 403 g/mol. The highest BCUT2D eigenvalue weighted by Gasteiger charge is 2.86. The molecule has 6 aliphatic rings. The lowest BCUT2D eigenvalue weighted by Crippen LogP contribution is -2.62. The minimum absolute atomic E-state index is 0.0115. The Morgan fingerprint density at radius 1 is 1.38 bits per heavy atom. The van der Waals surface area contributed by atoms with Crippen molar-refractivity contribution in [2.45, 2.75) is 76.0 Å². The fourth-order valence-corrected chi connectivity index (χ4v) is 7.65. The van der Waals surface area contributed by atoms with Gasteiger partial charge in [-0.15, -0.1) is 0 Å². The SMILES string of the molecule is CCCC[C@]12[C@@H]3[C@@H](O)CN1[C@@H]1C[C@H]2O[C@]32O/C(=C3/OC(=O)C(C)=C3OC)[C@@H](C)[C@H]12. The Balaban J connectivity index is 1.48. The second-order valence-corrected chi connectivity index (χ2v) is 9.58. The van der Waals surface area contributed by atoms with Crippen LogP contribution in [0.15, 0.2) is 22.9 Å². The van der Waals surface area contributed by atoms with Gasteiger partial charge in [-0.2, -0.15) is 0 Å². The minimum atomic E-state index is -0.836. The molecule has 6 rings (SSSR count). The van der Waals surface area contributed by atoms with Crippen LogP contribution in [-0.4, -0.2) is 59.2 Å². The predicted molar refractivity (Wildman–Crippen MR) is 101 cm³/mol. The number of ether oxygens (including phenoxy) is 4. The predicted octanol–water partition coefficient (Wildman–Crippen LogP) is 2.06. The van der Waals surface area contributed by atoms with Crippen molar-refractivity contribution in [2.75, 3.05) is 13.7 Å². The zero-order valence-corrected chi connectivity index (χ0v) is 17.4. The smallest absolute Gasteiger partial charge is 0.343 e. The summed E-state index contributed by atoms with van der Waals surface area (Å²) in [5, 5.41) is 11.1. The van der Waals surface area contributed by atoms with E-state index in [0.29, 0.717) is 35.4 Å². The molecule has 0 saturated carbocycles. The van der Waals surface area contributed by atoms with Crippen LogP contribution in [0.3, 0.4) is 0 Å². The van der Waals surface area contributed by atoms with Gasteiger partial charge in [0.1, 0.15) is 5.76 Å². The average Bonchev–Trinajstić information content (AvgIpc) is 3.37. The third kappa shape index (κ3) is 1.81. The van der Waals surface area contributed by atoms with Crippen molar-refractivity contribution in [3.05, 3.63) is 22.9 Å². The largest absolute Gasteiger partial charge is 0.492 e. The van der Waals surface area contributed by atoms with Crippen LogP contribution in [0.25, 0.3) is 0 Å². The van der Waals surface area contributed by atoms with Gasteiger partial charge in [0, 0.05) is 18.5 Å². The van der Waals surface area contributed by atoms with Crippen molar-refractivity contribution in [2.24, 2.45) is 17.8 Å². The molecule has 5 fully saturated rings. The number of unbranched alkanes of at least 4 members (excludes halogenated alkanes) is 1. The minimum Gasteiger partial charge on any atom is -0.492 e. The van der Waals surface area contributed by atoms with Crippen LogP contribution in [-0.2, 0) is 23.7 Å². The standard InChI is InChI=1S/C22H29NO6/c1-5-6-7-21-14-8-12-15-10(2)17(18-16(26-4)11(3)20(25)27-18)29-22(15,28-14)19(21)13(24)9-23(12)21/h10,12-15,19,24H,5-9H2,1-4H3/b18-17+/t10-,12+,13-,14+,15+,19-,21-,22+/m0/s1. The summed E-state index contributed by atoms with van der Waals surface area (Å²) in [5.74, 6) is 0.275. The fourth-order valence-electron chi connectivity index (χ4n) is 7.65. The van der Waals surface area contributed by atoms with Gasteiger partial charge in [-0.1, -0.05) is 26.7 Å². The summed E-state index contributed by atoms with van der Waals surface area (Å²) in [7, 11) is 1.54. The molecule has 7 heteroatoms. The third-order valence-corrected chi connectivity index (χ3v) is 8.52. The number of carbonyl (C=O) groups is 1. The van der Waals surface area contributed by atoms with Crippen LogP contribution in [0.4, 0.5) is 0 Å². The van der Waals surface area contributed by atoms with E-state index in [0.717, 1.165) is 25.7 Å². The quantitative estimate of drug-likeness (QED) is 0.720. The molecule has 0 aromatic rings. The van der Waals surface area contributed by atoms with Gasteiger partial charge >= 0.3 is 5.97 Å². The topological polar surface area (TPSA) is 77.5 Å². The molecule has 1 unspecified atom stereocenters. The number of aliphatic hydroxyl groups excluding tert-OH is 1. The first-order valence-corrected chi connectivity index (χ1v) is 10.9. The maximum Gasteiger partial charge on any atom is 0.343 e. The molecule has 7 nitrogen and oxygen atoms in total. The second kappa shape index (κ2) is 5.56. The van der Waals surface area contributed by atoms with Crippen molar-refractivity contribution in [3.63, 3.8) is 0 Å². The van der Waals surface area contributed by atoms with E-state index in [4.69, 9.17) is 18.9 Å². The lowest BCUT2D eigenvalue weighted by Gasteiger charge is -2.48. The maximum atomic E-state index is 12.2. The second-order valence-electron chi connectivity index (χ2n) is 9.58. The number of rotatable bonds is 4. The summed E-state index contributed by atoms with van der Waals surface area (Å²) < 4.78 is 24.4. The molecule has 5 saturated heterocycles. The first-order valence-electron chi connectivity index (χ1n) is 10.9. The Labute approximate surface area is 170 Å². The third-order valence-electron chi connectivity index (χ3n) is 8.52. The summed E-state index contributed by atoms with van der Waals surface area (Å²) >= 11 is 0. The number of β-amino-alcohol motifs (C(OH)–C–C–N with tert-alkyl or cyclic N) is 1. The molecule has 158 valence electrons. The summed E-state index contributed by atoms with van der Waals surface area (Å²) in [5.41, 5.74) is 0.330. The Morgan fingerprint density at radius 3 is 2.90 bits per heavy atom. The van der Waals surface area contributed by atoms with Crippen LogP contribution in [0.5, 0.6) is 0 Å². The summed E-state index contributed by atoms with van der Waals surface area (Å²) in [4.78, 5) is 14.7. The number of cyclic esters (lactones) is 1. The van der Waals surface area contributed by atoms with Crippen molar-refractivity contribution >= 4 is 5.97 Å². The van der Waals surface area contributed by atoms with Gasteiger partial charge in [0.05, 0.1) is 42.3 Å². The number of piperidine rings is 1. The van der Waals surface area contributed by atoms with Crippen LogP contribution in [0.2, 0.25) is 0 Å². The van der Waals surface area contributed by atoms with E-state index >= 15 is 0 Å². The molecular formula is C22H29NO6. The normalized spacial score (nSPS) is 53.7. The van der Waals surface area contributed by atoms with E-state index in [9.17, 15) is 9.90 Å². The first kappa shape index (κ1) is 18.2. The van der Waals surface area contributed by atoms with Crippen molar-refractivity contribution in [1.82, 2.24) is 4.90 Å². The highest BCUT2D eigenvalue weighted by atomic mass is 16.7. The van der Waals surface area contributed by atoms with E-state index in [1.807, 2.05) is 0 Å². The van der Waals surface area contributed by atoms with Crippen molar-refractivity contribution < 1.29 is 28.8 Å². The van der Waals surface area contributed by atoms with Crippen LogP contribution < -0.4 is 0 Å². The number of fused-ring (bicyclic) bond motifs is 1. The van der Waals surface area contributed by atoms with E-state index in [1.165, 1.54) is 0 Å². The molecule has 0 aromatic carbocycles. The highest BCUT2D eigenvalue weighted by molar-refractivity contribution is 5.93. The molecule has 1 spiro atoms. The maximum absolute atomic E-state index is 12.2. The van der Waals surface area contributed by atoms with Gasteiger partial charge in [0.2, 0.25) is 11.5 Å². The molecule has 0 radical (unpaired) electrons. The molecule has 6 heterocycles. The Bertz CT molecular complexity index is 865. The van der Waals surface area contributed by atoms with Crippen LogP contribution in [0, 0.1) is 17.8 Å². The Morgan fingerprint density at radius 2 is 2.17 bits per heavy atom. The molecule has 6 aliphatic heterocycles. The molecular weight excluding hydrogens is 374 g/mol. The zero-order chi connectivity index (χ0) is 20.3. The fraction of sp³-hybridized carbons (Fsp3) is 0.773. The number of nitrogens with zero attached hydrogens (tertiary/aromatic N) is 1. The molecule has 0 aliphatic carbocycles. The van der Waals surface area contributed by atoms with Gasteiger partial charge in [-0.05, 0) is 19.8 Å². The van der Waals surface area contributed by atoms with Gasteiger partial charge in [0.25, 0.3) is 0 Å². The van der Waals surface area contributed by atoms with Gasteiger partial charge < -0.3 is 24.1 Å². The number of esters is 1. The van der Waals surface area contributed by atoms with Crippen molar-refractivity contribution in [3.8, 4) is 0 Å². The number of allylic oxidation sites excluding steroid dienone is 1. The van der Waals surface area contributed by atoms with E-state index in [2.05, 4.69) is 18.7 Å². The molecule has 5 bridgehead atoms. The summed E-state index contributed by atoms with van der Waals surface area (Å²) in [6.45, 7) is 6.74. The van der Waals surface area contributed by atoms with E-state index < -0.39 is 17.9 Å². The molecule has 29 heavy (non-hydrogen) atoms. The van der Waals surface area contributed by atoms with Gasteiger partial charge in [-0.3, -0.25) is 4.90 Å². The summed E-state index contributed by atoms with van der Waals surface area (Å²) in [6, 6.07) is 0.320. The van der Waals surface area contributed by atoms with Crippen LogP contribution in [0.1, 0.15) is 46.5 Å². The molecule has 0 aromatic heterocycles. The number of carbonyl (C=O) groups excluding carboxylic acids is 1. The Hall–Kier alpha value is -1.57. The van der Waals surface area contributed by atoms with E-state index in [-0.39, 0.29) is 29.4 Å². The molecule has 0 amide bonds. The van der Waals surface area contributed by atoms with Gasteiger partial charge in [-0.25, -0.2) is 4.79 Å². The number of aliphatic hydroxyl groups is 1. The first-order chi connectivity index (χ1) is 13.9. The highest BCUT2D eigenvalue weighted by Crippen LogP contribution is 2.73. The van der Waals surface area contributed by atoms with Crippen molar-refractivity contribution in [1.29, 1.82) is 0 Å². The Kier molecular flexibility index (Phi) is 3.49. The van der Waals surface area contributed by atoms with Crippen LogP contribution >= 0.6 is 0 Å². The lowest BCUT2D eigenvalue weighted by atomic mass is 9.69.